The lowest BCUT2D eigenvalue weighted by Gasteiger charge is -2.42. The molecule has 0 aliphatic carbocycles. The first-order valence-corrected chi connectivity index (χ1v) is 4.88. The van der Waals surface area contributed by atoms with Crippen LogP contribution in [0, 0.1) is 0 Å². The predicted octanol–water partition coefficient (Wildman–Crippen LogP) is 0.567. The quantitative estimate of drug-likeness (QED) is 0.534. The van der Waals surface area contributed by atoms with E-state index in [0.29, 0.717) is 24.2 Å². The van der Waals surface area contributed by atoms with Crippen LogP contribution >= 0.6 is 0 Å². The summed E-state index contributed by atoms with van der Waals surface area (Å²) in [6.07, 6.45) is -4.91. The van der Waals surface area contributed by atoms with Gasteiger partial charge in [0.25, 0.3) is 0 Å². The molecule has 0 unspecified atom stereocenters. The minimum atomic E-state index is -4.91. The van der Waals surface area contributed by atoms with Crippen molar-refractivity contribution < 1.29 is 31.9 Å². The molecule has 0 spiro atoms. The van der Waals surface area contributed by atoms with Crippen LogP contribution in [0.2, 0.25) is 0 Å². The smallest absolute Gasteiger partial charge is 0.453 e. The summed E-state index contributed by atoms with van der Waals surface area (Å²) < 4.78 is 45.0. The molecule has 0 aromatic rings. The van der Waals surface area contributed by atoms with Crippen LogP contribution in [0.25, 0.3) is 0 Å². The normalized spacial score (nSPS) is 18.1. The van der Waals surface area contributed by atoms with Crippen LogP contribution in [0.4, 0.5) is 13.2 Å². The molecule has 1 saturated heterocycles. The number of carbonyl (C=O) groups is 1. The monoisotopic (exact) mass is 242 g/mol. The van der Waals surface area contributed by atoms with Gasteiger partial charge in [0.1, 0.15) is 32.4 Å². The molecule has 1 rings (SSSR count). The molecule has 0 aromatic carbocycles. The first kappa shape index (κ1) is 13.2. The zero-order valence-electron chi connectivity index (χ0n) is 9.21. The number of rotatable bonds is 4. The molecule has 0 amide bonds. The highest BCUT2D eigenvalue weighted by atomic mass is 19.4. The van der Waals surface area contributed by atoms with E-state index in [0.717, 1.165) is 0 Å². The molecule has 0 atom stereocenters. The van der Waals surface area contributed by atoms with E-state index in [1.54, 1.807) is 0 Å². The Balaban J connectivity index is 2.27. The number of quaternary nitrogens is 1. The molecule has 0 bridgehead atoms. The number of hydrogen-bond donors (Lipinski definition) is 0. The lowest BCUT2D eigenvalue weighted by atomic mass is 10.2. The number of halogens is 3. The zero-order valence-corrected chi connectivity index (χ0v) is 9.21. The van der Waals surface area contributed by atoms with E-state index >= 15 is 0 Å². The van der Waals surface area contributed by atoms with Gasteiger partial charge >= 0.3 is 12.1 Å². The van der Waals surface area contributed by atoms with E-state index in [2.05, 4.69) is 4.74 Å². The van der Waals surface area contributed by atoms with Gasteiger partial charge in [0, 0.05) is 0 Å². The summed E-state index contributed by atoms with van der Waals surface area (Å²) in [5.74, 6) is -2.13. The second-order valence-corrected chi connectivity index (χ2v) is 4.33. The van der Waals surface area contributed by atoms with Gasteiger partial charge in [-0.25, -0.2) is 4.79 Å². The Hall–Kier alpha value is -0.820. The average Bonchev–Trinajstić information content (AvgIpc) is 1.96. The number of ether oxygens (including phenoxy) is 2. The fourth-order valence-corrected chi connectivity index (χ4v) is 1.26. The van der Waals surface area contributed by atoms with Gasteiger partial charge in [-0.15, -0.1) is 0 Å². The van der Waals surface area contributed by atoms with Crippen LogP contribution < -0.4 is 0 Å². The summed E-state index contributed by atoms with van der Waals surface area (Å²) in [6.45, 7) is 1.30. The average molecular weight is 242 g/mol. The van der Waals surface area contributed by atoms with Crippen LogP contribution in [0.1, 0.15) is 0 Å². The zero-order chi connectivity index (χ0) is 12.4. The van der Waals surface area contributed by atoms with E-state index in [9.17, 15) is 18.0 Å². The number of likely N-dealkylation sites (N-methyl/N-ethyl adjacent to an activating group) is 1. The molecule has 1 fully saturated rings. The molecular formula is C9H15F3NO3+. The van der Waals surface area contributed by atoms with E-state index in [-0.39, 0.29) is 12.6 Å². The predicted molar refractivity (Wildman–Crippen MR) is 48.6 cm³/mol. The second kappa shape index (κ2) is 4.58. The number of alkyl halides is 3. The highest BCUT2D eigenvalue weighted by Gasteiger charge is 2.41. The van der Waals surface area contributed by atoms with Crippen LogP contribution in [0.15, 0.2) is 0 Å². The lowest BCUT2D eigenvalue weighted by molar-refractivity contribution is -0.924. The Bertz CT molecular complexity index is 261. The molecule has 7 heteroatoms. The lowest BCUT2D eigenvalue weighted by Crippen LogP contribution is -2.59. The molecule has 1 aliphatic heterocycles. The highest BCUT2D eigenvalue weighted by molar-refractivity contribution is 5.75. The van der Waals surface area contributed by atoms with Gasteiger partial charge in [-0.1, -0.05) is 0 Å². The topological polar surface area (TPSA) is 35.5 Å². The van der Waals surface area contributed by atoms with Crippen molar-refractivity contribution in [2.45, 2.75) is 12.2 Å². The van der Waals surface area contributed by atoms with E-state index in [1.807, 2.05) is 14.1 Å². The van der Waals surface area contributed by atoms with Gasteiger partial charge in [0.05, 0.1) is 14.1 Å². The molecular weight excluding hydrogens is 227 g/mol. The number of esters is 1. The minimum Gasteiger partial charge on any atom is -0.453 e. The van der Waals surface area contributed by atoms with Gasteiger partial charge in [-0.05, 0) is 0 Å². The Kier molecular flexibility index (Phi) is 3.80. The Morgan fingerprint density at radius 3 is 2.38 bits per heavy atom. The van der Waals surface area contributed by atoms with Crippen molar-refractivity contribution >= 4 is 5.97 Å². The van der Waals surface area contributed by atoms with E-state index in [1.165, 1.54) is 0 Å². The molecule has 0 saturated carbocycles. The van der Waals surface area contributed by atoms with Gasteiger partial charge < -0.3 is 14.0 Å². The van der Waals surface area contributed by atoms with Crippen molar-refractivity contribution in [2.24, 2.45) is 0 Å². The molecule has 4 nitrogen and oxygen atoms in total. The van der Waals surface area contributed by atoms with Crippen LogP contribution in [-0.4, -0.2) is 63.1 Å². The summed E-state index contributed by atoms with van der Waals surface area (Å²) in [4.78, 5) is 10.4. The third kappa shape index (κ3) is 3.34. The Labute approximate surface area is 91.5 Å². The minimum absolute atomic E-state index is 0.234. The van der Waals surface area contributed by atoms with Crippen LogP contribution in [0.3, 0.4) is 0 Å². The number of carbonyl (C=O) groups excluding carboxylic acids is 1. The third-order valence-electron chi connectivity index (χ3n) is 2.74. The first-order valence-electron chi connectivity index (χ1n) is 4.88. The third-order valence-corrected chi connectivity index (χ3v) is 2.74. The Morgan fingerprint density at radius 2 is 2.00 bits per heavy atom. The van der Waals surface area contributed by atoms with Gasteiger partial charge in [-0.3, -0.25) is 0 Å². The standard InChI is InChI=1S/C9H15F3NO3/c1-13(2,7-5-15-6-7)3-4-16-8(14)9(10,11)12/h7H,3-6H2,1-2H3/q+1. The van der Waals surface area contributed by atoms with E-state index in [4.69, 9.17) is 4.74 Å². The molecule has 1 aliphatic rings. The molecule has 1 heterocycles. The van der Waals surface area contributed by atoms with Crippen LogP contribution in [-0.2, 0) is 14.3 Å². The number of nitrogens with zero attached hydrogens (tertiary/aromatic N) is 1. The molecule has 0 N–H and O–H groups in total. The summed E-state index contributed by atoms with van der Waals surface area (Å²) in [5, 5.41) is 0. The SMILES string of the molecule is C[N+](C)(CCOC(=O)C(F)(F)F)C1COC1. The maximum Gasteiger partial charge on any atom is 0.490 e. The van der Waals surface area contributed by atoms with Gasteiger partial charge in [0.15, 0.2) is 0 Å². The van der Waals surface area contributed by atoms with Gasteiger partial charge in [0.2, 0.25) is 0 Å². The largest absolute Gasteiger partial charge is 0.490 e. The first-order chi connectivity index (χ1) is 7.23. The maximum absolute atomic E-state index is 11.8. The second-order valence-electron chi connectivity index (χ2n) is 4.33. The van der Waals surface area contributed by atoms with Crippen molar-refractivity contribution in [3.63, 3.8) is 0 Å². The van der Waals surface area contributed by atoms with Crippen molar-refractivity contribution in [1.29, 1.82) is 0 Å². The fraction of sp³-hybridized carbons (Fsp3) is 0.889. The maximum atomic E-state index is 11.8. The van der Waals surface area contributed by atoms with Gasteiger partial charge in [-0.2, -0.15) is 13.2 Å². The van der Waals surface area contributed by atoms with E-state index < -0.39 is 12.1 Å². The van der Waals surface area contributed by atoms with Crippen molar-refractivity contribution in [2.75, 3.05) is 40.5 Å². The van der Waals surface area contributed by atoms with Crippen molar-refractivity contribution in [3.05, 3.63) is 0 Å². The van der Waals surface area contributed by atoms with Crippen molar-refractivity contribution in [1.82, 2.24) is 0 Å². The molecule has 0 radical (unpaired) electrons. The highest BCUT2D eigenvalue weighted by Crippen LogP contribution is 2.18. The summed E-state index contributed by atoms with van der Waals surface area (Å²) in [5.41, 5.74) is 0. The summed E-state index contributed by atoms with van der Waals surface area (Å²) >= 11 is 0. The molecule has 0 aromatic heterocycles. The Morgan fingerprint density at radius 1 is 1.44 bits per heavy atom. The van der Waals surface area contributed by atoms with Crippen LogP contribution in [0.5, 0.6) is 0 Å². The fourth-order valence-electron chi connectivity index (χ4n) is 1.26. The summed E-state index contributed by atoms with van der Waals surface area (Å²) in [6, 6.07) is 0.268. The molecule has 94 valence electrons. The van der Waals surface area contributed by atoms with Crippen molar-refractivity contribution in [3.8, 4) is 0 Å². The number of hydrogen-bond acceptors (Lipinski definition) is 3. The molecule has 16 heavy (non-hydrogen) atoms. The summed E-state index contributed by atoms with van der Waals surface area (Å²) in [7, 11) is 3.74.